The molecule has 0 spiro atoms. The van der Waals surface area contributed by atoms with Crippen LogP contribution in [0.25, 0.3) is 0 Å². The first kappa shape index (κ1) is 12.3. The van der Waals surface area contributed by atoms with Gasteiger partial charge in [0.1, 0.15) is 5.82 Å². The van der Waals surface area contributed by atoms with E-state index >= 15 is 0 Å². The fourth-order valence-electron chi connectivity index (χ4n) is 2.17. The van der Waals surface area contributed by atoms with Gasteiger partial charge in [-0.2, -0.15) is 0 Å². The second-order valence-electron chi connectivity index (χ2n) is 4.31. The summed E-state index contributed by atoms with van der Waals surface area (Å²) in [6.45, 7) is 4.41. The molecule has 1 fully saturated rings. The van der Waals surface area contributed by atoms with E-state index in [0.717, 1.165) is 19.6 Å². The molecule has 3 nitrogen and oxygen atoms in total. The number of hydrogen-bond donors (Lipinski definition) is 1. The highest BCUT2D eigenvalue weighted by Crippen LogP contribution is 2.29. The second kappa shape index (κ2) is 5.47. The van der Waals surface area contributed by atoms with Gasteiger partial charge >= 0.3 is 0 Å². The number of rotatable bonds is 2. The van der Waals surface area contributed by atoms with Crippen molar-refractivity contribution in [2.45, 2.75) is 19.4 Å². The molecule has 4 heteroatoms. The number of hydrogen-bond acceptors (Lipinski definition) is 3. The Morgan fingerprint density at radius 3 is 2.94 bits per heavy atom. The Hall–Kier alpha value is -1.13. The molecule has 1 aromatic carbocycles. The number of benzene rings is 1. The van der Waals surface area contributed by atoms with Gasteiger partial charge in [0.15, 0.2) is 0 Å². The zero-order valence-corrected chi connectivity index (χ0v) is 10.0. The third kappa shape index (κ3) is 2.76. The van der Waals surface area contributed by atoms with Crippen molar-refractivity contribution >= 4 is 5.69 Å². The molecule has 0 bridgehead atoms. The van der Waals surface area contributed by atoms with Gasteiger partial charge in [0, 0.05) is 25.3 Å². The number of halogens is 1. The summed E-state index contributed by atoms with van der Waals surface area (Å²) < 4.78 is 19.3. The average molecular weight is 239 g/mol. The summed E-state index contributed by atoms with van der Waals surface area (Å²) in [5.41, 5.74) is 1.17. The van der Waals surface area contributed by atoms with Crippen LogP contribution in [-0.4, -0.2) is 31.4 Å². The maximum Gasteiger partial charge on any atom is 0.146 e. The molecule has 0 aromatic heterocycles. The molecule has 1 saturated heterocycles. The summed E-state index contributed by atoms with van der Waals surface area (Å²) in [7, 11) is 0. The number of ether oxygens (including phenoxy) is 1. The Bertz CT molecular complexity index is 374. The van der Waals surface area contributed by atoms with Crippen LogP contribution >= 0.6 is 0 Å². The molecule has 1 heterocycles. The van der Waals surface area contributed by atoms with Crippen molar-refractivity contribution in [2.75, 3.05) is 31.2 Å². The van der Waals surface area contributed by atoms with Crippen molar-refractivity contribution in [1.82, 2.24) is 0 Å². The van der Waals surface area contributed by atoms with Gasteiger partial charge in [-0.15, -0.1) is 0 Å². The monoisotopic (exact) mass is 239 g/mol. The fourth-order valence-corrected chi connectivity index (χ4v) is 2.17. The van der Waals surface area contributed by atoms with Crippen molar-refractivity contribution in [1.29, 1.82) is 0 Å². The van der Waals surface area contributed by atoms with Gasteiger partial charge in [-0.05, 0) is 19.4 Å². The first-order chi connectivity index (χ1) is 8.20. The molecule has 1 aromatic rings. The lowest BCUT2D eigenvalue weighted by Crippen LogP contribution is -2.28. The Morgan fingerprint density at radius 1 is 1.35 bits per heavy atom. The topological polar surface area (TPSA) is 32.7 Å². The number of anilines is 1. The highest BCUT2D eigenvalue weighted by molar-refractivity contribution is 5.55. The maximum absolute atomic E-state index is 13.9. The van der Waals surface area contributed by atoms with Gasteiger partial charge in [0.05, 0.1) is 18.4 Å². The van der Waals surface area contributed by atoms with Crippen LogP contribution in [0.1, 0.15) is 25.0 Å². The Balaban J connectivity index is 2.34. The van der Waals surface area contributed by atoms with E-state index < -0.39 is 6.10 Å². The van der Waals surface area contributed by atoms with E-state index in [0.29, 0.717) is 24.4 Å². The molecule has 1 aliphatic heterocycles. The van der Waals surface area contributed by atoms with Crippen LogP contribution < -0.4 is 4.90 Å². The number of para-hydroxylation sites is 1. The Kier molecular flexibility index (Phi) is 3.97. The normalized spacial score (nSPS) is 18.9. The van der Waals surface area contributed by atoms with Crippen LogP contribution in [0.2, 0.25) is 0 Å². The third-order valence-electron chi connectivity index (χ3n) is 3.01. The van der Waals surface area contributed by atoms with Crippen LogP contribution in [0.5, 0.6) is 0 Å². The lowest BCUT2D eigenvalue weighted by Gasteiger charge is -2.26. The van der Waals surface area contributed by atoms with Gasteiger partial charge < -0.3 is 14.7 Å². The number of nitrogens with zero attached hydrogens (tertiary/aromatic N) is 1. The quantitative estimate of drug-likeness (QED) is 0.858. The highest BCUT2D eigenvalue weighted by Gasteiger charge is 2.19. The van der Waals surface area contributed by atoms with Gasteiger partial charge in [-0.1, -0.05) is 12.1 Å². The van der Waals surface area contributed by atoms with Crippen molar-refractivity contribution in [3.8, 4) is 0 Å². The van der Waals surface area contributed by atoms with Gasteiger partial charge in [-0.3, -0.25) is 0 Å². The van der Waals surface area contributed by atoms with Crippen LogP contribution in [0.15, 0.2) is 18.2 Å². The summed E-state index contributed by atoms with van der Waals surface area (Å²) in [5, 5.41) is 9.71. The molecule has 1 atom stereocenters. The van der Waals surface area contributed by atoms with E-state index in [1.54, 1.807) is 19.1 Å². The van der Waals surface area contributed by atoms with Crippen molar-refractivity contribution in [3.63, 3.8) is 0 Å². The minimum absolute atomic E-state index is 0.273. The predicted octanol–water partition coefficient (Wildman–Crippen LogP) is 2.11. The first-order valence-electron chi connectivity index (χ1n) is 5.99. The van der Waals surface area contributed by atoms with Crippen molar-refractivity contribution in [2.24, 2.45) is 0 Å². The fraction of sp³-hybridized carbons (Fsp3) is 0.538. The predicted molar refractivity (Wildman–Crippen MR) is 64.7 cm³/mol. The average Bonchev–Trinajstić information content (AvgIpc) is 2.57. The minimum atomic E-state index is -0.662. The zero-order valence-electron chi connectivity index (χ0n) is 10.0. The van der Waals surface area contributed by atoms with Crippen LogP contribution in [-0.2, 0) is 4.74 Å². The molecular weight excluding hydrogens is 221 g/mol. The van der Waals surface area contributed by atoms with Crippen LogP contribution in [0, 0.1) is 5.82 Å². The molecule has 0 unspecified atom stereocenters. The van der Waals surface area contributed by atoms with Crippen molar-refractivity contribution in [3.05, 3.63) is 29.6 Å². The van der Waals surface area contributed by atoms with E-state index in [4.69, 9.17) is 4.74 Å². The van der Waals surface area contributed by atoms with Crippen molar-refractivity contribution < 1.29 is 14.2 Å². The lowest BCUT2D eigenvalue weighted by molar-refractivity contribution is 0.152. The molecule has 2 rings (SSSR count). The van der Waals surface area contributed by atoms with Gasteiger partial charge in [0.2, 0.25) is 0 Å². The van der Waals surface area contributed by atoms with Crippen LogP contribution in [0.3, 0.4) is 0 Å². The van der Waals surface area contributed by atoms with E-state index in [1.807, 2.05) is 4.90 Å². The molecule has 0 radical (unpaired) electrons. The molecule has 94 valence electrons. The summed E-state index contributed by atoms with van der Waals surface area (Å²) in [5.74, 6) is -0.273. The molecule has 0 aliphatic carbocycles. The highest BCUT2D eigenvalue weighted by atomic mass is 19.1. The SMILES string of the molecule is C[C@@H](O)c1cccc(F)c1N1CCCOCC1. The Morgan fingerprint density at radius 2 is 2.18 bits per heavy atom. The lowest BCUT2D eigenvalue weighted by atomic mass is 10.1. The van der Waals surface area contributed by atoms with E-state index in [1.165, 1.54) is 6.07 Å². The summed E-state index contributed by atoms with van der Waals surface area (Å²) in [6.07, 6.45) is 0.220. The summed E-state index contributed by atoms with van der Waals surface area (Å²) >= 11 is 0. The maximum atomic E-state index is 13.9. The molecular formula is C13H18FNO2. The second-order valence-corrected chi connectivity index (χ2v) is 4.31. The number of aliphatic hydroxyl groups excluding tert-OH is 1. The minimum Gasteiger partial charge on any atom is -0.389 e. The standard InChI is InChI=1S/C13H18FNO2/c1-10(16)11-4-2-5-12(14)13(11)15-6-3-8-17-9-7-15/h2,4-5,10,16H,3,6-9H2,1H3/t10-/m1/s1. The smallest absolute Gasteiger partial charge is 0.146 e. The summed E-state index contributed by atoms with van der Waals surface area (Å²) in [6, 6.07) is 4.84. The first-order valence-corrected chi connectivity index (χ1v) is 5.99. The van der Waals surface area contributed by atoms with Crippen LogP contribution in [0.4, 0.5) is 10.1 Å². The third-order valence-corrected chi connectivity index (χ3v) is 3.01. The molecule has 0 saturated carbocycles. The molecule has 1 N–H and O–H groups in total. The molecule has 17 heavy (non-hydrogen) atoms. The van der Waals surface area contributed by atoms with Gasteiger partial charge in [-0.25, -0.2) is 4.39 Å². The number of aliphatic hydroxyl groups is 1. The Labute approximate surface area is 101 Å². The largest absolute Gasteiger partial charge is 0.389 e. The molecule has 1 aliphatic rings. The summed E-state index contributed by atoms with van der Waals surface area (Å²) in [4.78, 5) is 1.96. The van der Waals surface area contributed by atoms with E-state index in [2.05, 4.69) is 0 Å². The van der Waals surface area contributed by atoms with Gasteiger partial charge in [0.25, 0.3) is 0 Å². The molecule has 0 amide bonds. The van der Waals surface area contributed by atoms with E-state index in [-0.39, 0.29) is 5.82 Å². The van der Waals surface area contributed by atoms with E-state index in [9.17, 15) is 9.50 Å². The zero-order chi connectivity index (χ0) is 12.3.